The molecular weight excluding hydrogens is 553 g/mol. The van der Waals surface area contributed by atoms with E-state index in [1.54, 1.807) is 0 Å². The number of aromatic nitrogens is 2. The lowest BCUT2D eigenvalue weighted by atomic mass is 9.67. The molecule has 0 fully saturated rings. The largest absolute Gasteiger partial charge is 0.228 e. The van der Waals surface area contributed by atoms with Crippen LogP contribution in [0.15, 0.2) is 168 Å². The molecule has 9 rings (SSSR count). The van der Waals surface area contributed by atoms with Gasteiger partial charge in [-0.1, -0.05) is 151 Å². The van der Waals surface area contributed by atoms with E-state index in [1.165, 1.54) is 43.2 Å². The molecule has 0 saturated heterocycles. The van der Waals surface area contributed by atoms with Crippen molar-refractivity contribution in [3.8, 4) is 45.0 Å². The fourth-order valence-corrected chi connectivity index (χ4v) is 8.32. The molecule has 3 heteroatoms. The second kappa shape index (κ2) is 9.90. The third kappa shape index (κ3) is 3.69. The summed E-state index contributed by atoms with van der Waals surface area (Å²) in [6, 6.07) is 56.5. The molecule has 0 amide bonds. The number of fused-ring (bicyclic) bond motifs is 9. The maximum absolute atomic E-state index is 5.13. The molecule has 44 heavy (non-hydrogen) atoms. The van der Waals surface area contributed by atoms with Crippen LogP contribution in [0.3, 0.4) is 0 Å². The highest BCUT2D eigenvalue weighted by molar-refractivity contribution is 7.99. The van der Waals surface area contributed by atoms with Gasteiger partial charge in [0, 0.05) is 26.5 Å². The highest BCUT2D eigenvalue weighted by Crippen LogP contribution is 2.62. The van der Waals surface area contributed by atoms with Crippen LogP contribution >= 0.6 is 11.8 Å². The van der Waals surface area contributed by atoms with Crippen molar-refractivity contribution in [3.63, 3.8) is 0 Å². The number of benzene rings is 6. The van der Waals surface area contributed by atoms with Crippen molar-refractivity contribution < 1.29 is 0 Å². The molecule has 1 aliphatic carbocycles. The lowest BCUT2D eigenvalue weighted by molar-refractivity contribution is 0.722. The molecule has 0 N–H and O–H groups in total. The monoisotopic (exact) mass is 578 g/mol. The van der Waals surface area contributed by atoms with Gasteiger partial charge in [-0.2, -0.15) is 0 Å². The van der Waals surface area contributed by atoms with Gasteiger partial charge in [0.1, 0.15) is 0 Å². The molecular formula is C41H26N2S. The maximum atomic E-state index is 5.13. The molecule has 2 heterocycles. The van der Waals surface area contributed by atoms with E-state index >= 15 is 0 Å². The predicted molar refractivity (Wildman–Crippen MR) is 180 cm³/mol. The van der Waals surface area contributed by atoms with Gasteiger partial charge in [-0.25, -0.2) is 9.97 Å². The van der Waals surface area contributed by atoms with Crippen LogP contribution < -0.4 is 0 Å². The van der Waals surface area contributed by atoms with Gasteiger partial charge in [-0.05, 0) is 51.6 Å². The second-order valence-corrected chi connectivity index (χ2v) is 12.4. The molecule has 0 atom stereocenters. The van der Waals surface area contributed by atoms with Crippen LogP contribution in [0, 0.1) is 0 Å². The van der Waals surface area contributed by atoms with Crippen LogP contribution in [0.1, 0.15) is 22.3 Å². The Morgan fingerprint density at radius 3 is 1.50 bits per heavy atom. The fourth-order valence-electron chi connectivity index (χ4n) is 7.09. The summed E-state index contributed by atoms with van der Waals surface area (Å²) in [5, 5.41) is 0. The SMILES string of the molecule is c1ccc(-c2cc(-c3ccccc3)nc(-c3ccc4c(c3)Sc3ccccc3C43c4ccccc4-c4ccccc43)n2)cc1. The van der Waals surface area contributed by atoms with Crippen molar-refractivity contribution in [2.24, 2.45) is 0 Å². The molecule has 0 radical (unpaired) electrons. The first-order valence-corrected chi connectivity index (χ1v) is 15.7. The molecule has 0 bridgehead atoms. The summed E-state index contributed by atoms with van der Waals surface area (Å²) in [5.74, 6) is 0.730. The van der Waals surface area contributed by atoms with Crippen molar-refractivity contribution in [1.82, 2.24) is 9.97 Å². The molecule has 0 saturated carbocycles. The minimum absolute atomic E-state index is 0.384. The zero-order valence-electron chi connectivity index (χ0n) is 23.8. The smallest absolute Gasteiger partial charge is 0.160 e. The van der Waals surface area contributed by atoms with E-state index in [9.17, 15) is 0 Å². The van der Waals surface area contributed by atoms with Gasteiger partial charge in [0.15, 0.2) is 5.82 Å². The summed E-state index contributed by atoms with van der Waals surface area (Å²) in [6.07, 6.45) is 0. The van der Waals surface area contributed by atoms with E-state index in [1.807, 2.05) is 23.9 Å². The lowest BCUT2D eigenvalue weighted by Gasteiger charge is -2.39. The van der Waals surface area contributed by atoms with E-state index in [0.717, 1.165) is 33.9 Å². The number of hydrogen-bond acceptors (Lipinski definition) is 3. The number of rotatable bonds is 3. The highest BCUT2D eigenvalue weighted by Gasteiger charge is 2.50. The topological polar surface area (TPSA) is 25.8 Å². The highest BCUT2D eigenvalue weighted by atomic mass is 32.2. The molecule has 2 aliphatic rings. The summed E-state index contributed by atoms with van der Waals surface area (Å²) in [7, 11) is 0. The number of hydrogen-bond donors (Lipinski definition) is 0. The Balaban J connectivity index is 1.28. The lowest BCUT2D eigenvalue weighted by Crippen LogP contribution is -2.31. The van der Waals surface area contributed by atoms with Crippen LogP contribution in [0.4, 0.5) is 0 Å². The molecule has 206 valence electrons. The van der Waals surface area contributed by atoms with E-state index in [2.05, 4.69) is 146 Å². The molecule has 7 aromatic rings. The molecule has 1 aromatic heterocycles. The third-order valence-corrected chi connectivity index (χ3v) is 10.1. The Bertz CT molecular complexity index is 2100. The van der Waals surface area contributed by atoms with E-state index in [0.29, 0.717) is 0 Å². The fraction of sp³-hybridized carbons (Fsp3) is 0.0244. The van der Waals surface area contributed by atoms with Gasteiger partial charge in [-0.15, -0.1) is 0 Å². The molecule has 2 nitrogen and oxygen atoms in total. The third-order valence-electron chi connectivity index (χ3n) is 8.97. The minimum atomic E-state index is -0.384. The van der Waals surface area contributed by atoms with Gasteiger partial charge in [0.25, 0.3) is 0 Å². The van der Waals surface area contributed by atoms with Crippen LogP contribution in [0.5, 0.6) is 0 Å². The molecule has 6 aromatic carbocycles. The second-order valence-electron chi connectivity index (χ2n) is 11.3. The summed E-state index contributed by atoms with van der Waals surface area (Å²) in [5.41, 5.74) is 12.6. The molecule has 1 spiro atoms. The average molecular weight is 579 g/mol. The first-order chi connectivity index (χ1) is 21.8. The maximum Gasteiger partial charge on any atom is 0.160 e. The quantitative estimate of drug-likeness (QED) is 0.209. The van der Waals surface area contributed by atoms with E-state index in [4.69, 9.17) is 9.97 Å². The molecule has 0 unspecified atom stereocenters. The van der Waals surface area contributed by atoms with Crippen molar-refractivity contribution in [2.75, 3.05) is 0 Å². The predicted octanol–water partition coefficient (Wildman–Crippen LogP) is 10.3. The van der Waals surface area contributed by atoms with Gasteiger partial charge in [-0.3, -0.25) is 0 Å². The summed E-state index contributed by atoms with van der Waals surface area (Å²) >= 11 is 1.85. The van der Waals surface area contributed by atoms with Gasteiger partial charge >= 0.3 is 0 Å². The Morgan fingerprint density at radius 1 is 0.386 bits per heavy atom. The summed E-state index contributed by atoms with van der Waals surface area (Å²) < 4.78 is 0. The first-order valence-electron chi connectivity index (χ1n) is 14.9. The van der Waals surface area contributed by atoms with Gasteiger partial charge in [0.2, 0.25) is 0 Å². The van der Waals surface area contributed by atoms with E-state index < -0.39 is 0 Å². The first kappa shape index (κ1) is 25.3. The zero-order valence-corrected chi connectivity index (χ0v) is 24.6. The standard InChI is InChI=1S/C41H26N2S/c1-3-13-27(14-4-1)36-26-37(28-15-5-2-6-16-28)43-40(42-36)29-23-24-35-39(25-29)44-38-22-12-11-21-34(38)41(35)32-19-9-7-17-30(32)31-18-8-10-20-33(31)41/h1-26H. The van der Waals surface area contributed by atoms with Crippen LogP contribution in [-0.2, 0) is 5.41 Å². The zero-order chi connectivity index (χ0) is 29.1. The van der Waals surface area contributed by atoms with Crippen LogP contribution in [-0.4, -0.2) is 9.97 Å². The van der Waals surface area contributed by atoms with E-state index in [-0.39, 0.29) is 5.41 Å². The normalized spacial score (nSPS) is 13.5. The Morgan fingerprint density at radius 2 is 0.886 bits per heavy atom. The van der Waals surface area contributed by atoms with Crippen molar-refractivity contribution in [1.29, 1.82) is 0 Å². The number of nitrogens with zero attached hydrogens (tertiary/aromatic N) is 2. The van der Waals surface area contributed by atoms with Gasteiger partial charge in [0.05, 0.1) is 16.8 Å². The Labute approximate surface area is 261 Å². The summed E-state index contributed by atoms with van der Waals surface area (Å²) in [6.45, 7) is 0. The van der Waals surface area contributed by atoms with Crippen LogP contribution in [0.2, 0.25) is 0 Å². The minimum Gasteiger partial charge on any atom is -0.228 e. The molecule has 1 aliphatic heterocycles. The van der Waals surface area contributed by atoms with Crippen LogP contribution in [0.25, 0.3) is 45.0 Å². The van der Waals surface area contributed by atoms with Crippen molar-refractivity contribution in [3.05, 3.63) is 180 Å². The average Bonchev–Trinajstić information content (AvgIpc) is 3.39. The summed E-state index contributed by atoms with van der Waals surface area (Å²) in [4.78, 5) is 12.8. The Kier molecular flexibility index (Phi) is 5.69. The van der Waals surface area contributed by atoms with Crippen molar-refractivity contribution in [2.45, 2.75) is 15.2 Å². The van der Waals surface area contributed by atoms with Gasteiger partial charge < -0.3 is 0 Å². The Hall–Kier alpha value is -5.25. The van der Waals surface area contributed by atoms with Crippen molar-refractivity contribution >= 4 is 11.8 Å².